The monoisotopic (exact) mass is 592 g/mol. The van der Waals surface area contributed by atoms with E-state index in [1.807, 2.05) is 11.3 Å². The van der Waals surface area contributed by atoms with Crippen LogP contribution in [-0.2, 0) is 0 Å². The number of hydrogen-bond acceptors (Lipinski definition) is 3. The summed E-state index contributed by atoms with van der Waals surface area (Å²) in [6.07, 6.45) is 0. The zero-order valence-corrected chi connectivity index (χ0v) is 24.9. The van der Waals surface area contributed by atoms with Gasteiger partial charge in [-0.15, -0.1) is 11.3 Å². The second-order valence-electron chi connectivity index (χ2n) is 11.6. The Kier molecular flexibility index (Phi) is 5.16. The van der Waals surface area contributed by atoms with E-state index in [9.17, 15) is 0 Å². The van der Waals surface area contributed by atoms with Crippen LogP contribution in [0.2, 0.25) is 0 Å². The first-order chi connectivity index (χ1) is 22.3. The van der Waals surface area contributed by atoms with Gasteiger partial charge in [-0.2, -0.15) is 0 Å². The molecule has 0 amide bonds. The summed E-state index contributed by atoms with van der Waals surface area (Å²) in [6, 6.07) is 51.8. The molecule has 0 atom stereocenters. The third-order valence-electron chi connectivity index (χ3n) is 9.00. The van der Waals surface area contributed by atoms with E-state index in [2.05, 4.69) is 150 Å². The van der Waals surface area contributed by atoms with E-state index in [-0.39, 0.29) is 0 Å². The Morgan fingerprint density at radius 3 is 2.20 bits per heavy atom. The largest absolute Gasteiger partial charge is 0.435 e. The van der Waals surface area contributed by atoms with Crippen molar-refractivity contribution in [3.05, 3.63) is 146 Å². The molecule has 210 valence electrons. The number of thiophene rings is 1. The fraction of sp³-hybridized carbons (Fsp3) is 0. The first-order valence-corrected chi connectivity index (χ1v) is 15.9. The van der Waals surface area contributed by atoms with Crippen LogP contribution in [0.25, 0.3) is 92.1 Å². The maximum absolute atomic E-state index is 6.74. The van der Waals surface area contributed by atoms with E-state index in [1.54, 1.807) is 0 Å². The SMILES string of the molecule is c1ccc(-n2c3ccccc3c3cc(-c4nc5cc(-c6ccc7ccccc7c6)c6sc7ccccc7c6c5o4)ccc32)cc1. The molecule has 0 unspecified atom stereocenters. The highest BCUT2D eigenvalue weighted by Gasteiger charge is 2.21. The molecule has 0 radical (unpaired) electrons. The Balaban J connectivity index is 1.22. The minimum Gasteiger partial charge on any atom is -0.435 e. The fourth-order valence-corrected chi connectivity index (χ4v) is 8.17. The van der Waals surface area contributed by atoms with Crippen molar-refractivity contribution in [1.29, 1.82) is 0 Å². The number of nitrogens with zero attached hydrogens (tertiary/aromatic N) is 2. The third-order valence-corrected chi connectivity index (χ3v) is 10.2. The molecule has 4 heteroatoms. The molecule has 7 aromatic carbocycles. The van der Waals surface area contributed by atoms with Gasteiger partial charge in [-0.1, -0.05) is 91.0 Å². The lowest BCUT2D eigenvalue weighted by atomic mass is 9.99. The van der Waals surface area contributed by atoms with Crippen LogP contribution in [0, 0.1) is 0 Å². The summed E-state index contributed by atoms with van der Waals surface area (Å²) < 4.78 is 11.5. The summed E-state index contributed by atoms with van der Waals surface area (Å²) in [5, 5.41) is 7.19. The van der Waals surface area contributed by atoms with Crippen molar-refractivity contribution in [2.45, 2.75) is 0 Å². The molecule has 0 spiro atoms. The smallest absolute Gasteiger partial charge is 0.227 e. The number of aromatic nitrogens is 2. The van der Waals surface area contributed by atoms with Gasteiger partial charge in [0.1, 0.15) is 5.52 Å². The Hall–Kier alpha value is -5.71. The van der Waals surface area contributed by atoms with E-state index in [0.29, 0.717) is 5.89 Å². The molecule has 0 aliphatic heterocycles. The highest BCUT2D eigenvalue weighted by atomic mass is 32.1. The molecule has 3 heterocycles. The van der Waals surface area contributed by atoms with Crippen molar-refractivity contribution in [1.82, 2.24) is 9.55 Å². The van der Waals surface area contributed by atoms with Crippen LogP contribution in [0.15, 0.2) is 150 Å². The van der Waals surface area contributed by atoms with Gasteiger partial charge in [-0.25, -0.2) is 4.98 Å². The normalized spacial score (nSPS) is 12.0. The standard InChI is InChI=1S/C41H24N2OS/c1-2-12-29(13-3-1)43-35-16-8-6-14-30(35)33-23-28(20-21-36(33)43)41-42-34-24-32(27-19-18-25-10-4-5-11-26(25)22-27)40-38(39(34)44-41)31-15-7-9-17-37(31)45-40/h1-24H. The van der Waals surface area contributed by atoms with Crippen LogP contribution in [0.1, 0.15) is 0 Å². The first-order valence-electron chi connectivity index (χ1n) is 15.1. The summed E-state index contributed by atoms with van der Waals surface area (Å²) in [5.41, 5.74) is 8.54. The van der Waals surface area contributed by atoms with Crippen LogP contribution in [0.4, 0.5) is 0 Å². The van der Waals surface area contributed by atoms with Crippen molar-refractivity contribution >= 4 is 75.2 Å². The van der Waals surface area contributed by atoms with Gasteiger partial charge in [-0.05, 0) is 70.9 Å². The zero-order chi connectivity index (χ0) is 29.5. The van der Waals surface area contributed by atoms with Gasteiger partial charge in [0.05, 0.1) is 11.0 Å². The van der Waals surface area contributed by atoms with Gasteiger partial charge in [0.2, 0.25) is 5.89 Å². The van der Waals surface area contributed by atoms with E-state index < -0.39 is 0 Å². The molecule has 0 aliphatic carbocycles. The van der Waals surface area contributed by atoms with Gasteiger partial charge in [-0.3, -0.25) is 0 Å². The number of para-hydroxylation sites is 2. The van der Waals surface area contributed by atoms with Crippen LogP contribution < -0.4 is 0 Å². The summed E-state index contributed by atoms with van der Waals surface area (Å²) >= 11 is 1.82. The number of rotatable bonds is 3. The maximum Gasteiger partial charge on any atom is 0.227 e. The second-order valence-corrected chi connectivity index (χ2v) is 12.6. The number of fused-ring (bicyclic) bond motifs is 9. The molecule has 45 heavy (non-hydrogen) atoms. The van der Waals surface area contributed by atoms with E-state index in [1.165, 1.54) is 53.0 Å². The molecule has 0 fully saturated rings. The predicted octanol–water partition coefficient (Wildman–Crippen LogP) is 11.8. The molecule has 3 nitrogen and oxygen atoms in total. The number of oxazole rings is 1. The van der Waals surface area contributed by atoms with Gasteiger partial charge < -0.3 is 8.98 Å². The Morgan fingerprint density at radius 2 is 1.29 bits per heavy atom. The summed E-state index contributed by atoms with van der Waals surface area (Å²) in [7, 11) is 0. The molecular weight excluding hydrogens is 569 g/mol. The molecular formula is C41H24N2OS. The van der Waals surface area contributed by atoms with Gasteiger partial charge in [0.25, 0.3) is 0 Å². The number of hydrogen-bond donors (Lipinski definition) is 0. The fourth-order valence-electron chi connectivity index (χ4n) is 6.93. The molecule has 10 aromatic rings. The van der Waals surface area contributed by atoms with Gasteiger partial charge in [0.15, 0.2) is 5.58 Å². The van der Waals surface area contributed by atoms with Crippen molar-refractivity contribution in [2.75, 3.05) is 0 Å². The van der Waals surface area contributed by atoms with Crippen LogP contribution in [0.5, 0.6) is 0 Å². The first kappa shape index (κ1) is 24.7. The molecule has 3 aromatic heterocycles. The number of benzene rings is 7. The summed E-state index contributed by atoms with van der Waals surface area (Å²) in [5.74, 6) is 0.635. The Bertz CT molecular complexity index is 2770. The average molecular weight is 593 g/mol. The zero-order valence-electron chi connectivity index (χ0n) is 24.1. The third kappa shape index (κ3) is 3.67. The molecule has 0 saturated carbocycles. The lowest BCUT2D eigenvalue weighted by molar-refractivity contribution is 0.623. The van der Waals surface area contributed by atoms with Gasteiger partial charge >= 0.3 is 0 Å². The van der Waals surface area contributed by atoms with Crippen LogP contribution in [0.3, 0.4) is 0 Å². The predicted molar refractivity (Wildman–Crippen MR) is 190 cm³/mol. The van der Waals surface area contributed by atoms with E-state index in [0.717, 1.165) is 33.3 Å². The highest BCUT2D eigenvalue weighted by Crippen LogP contribution is 2.45. The van der Waals surface area contributed by atoms with Crippen LogP contribution >= 0.6 is 11.3 Å². The molecule has 0 N–H and O–H groups in total. The molecule has 0 aliphatic rings. The van der Waals surface area contributed by atoms with Crippen molar-refractivity contribution < 1.29 is 4.42 Å². The highest BCUT2D eigenvalue weighted by molar-refractivity contribution is 7.26. The average Bonchev–Trinajstić information content (AvgIpc) is 3.79. The quantitative estimate of drug-likeness (QED) is 0.204. The lowest BCUT2D eigenvalue weighted by Crippen LogP contribution is -1.92. The summed E-state index contributed by atoms with van der Waals surface area (Å²) in [6.45, 7) is 0. The minimum absolute atomic E-state index is 0.635. The van der Waals surface area contributed by atoms with Crippen LogP contribution in [-0.4, -0.2) is 9.55 Å². The summed E-state index contributed by atoms with van der Waals surface area (Å²) in [4.78, 5) is 5.15. The molecule has 0 bridgehead atoms. The van der Waals surface area contributed by atoms with E-state index >= 15 is 0 Å². The second kappa shape index (κ2) is 9.39. The Labute approximate surface area is 262 Å². The lowest BCUT2D eigenvalue weighted by Gasteiger charge is -2.07. The molecule has 10 rings (SSSR count). The van der Waals surface area contributed by atoms with Crippen molar-refractivity contribution in [3.63, 3.8) is 0 Å². The Morgan fingerprint density at radius 1 is 0.556 bits per heavy atom. The minimum atomic E-state index is 0.635. The maximum atomic E-state index is 6.74. The van der Waals surface area contributed by atoms with E-state index in [4.69, 9.17) is 9.40 Å². The molecule has 0 saturated heterocycles. The topological polar surface area (TPSA) is 31.0 Å². The van der Waals surface area contributed by atoms with Gasteiger partial charge in [0, 0.05) is 47.8 Å². The van der Waals surface area contributed by atoms with Crippen molar-refractivity contribution in [3.8, 4) is 28.3 Å². The van der Waals surface area contributed by atoms with Crippen molar-refractivity contribution in [2.24, 2.45) is 0 Å².